The van der Waals surface area contributed by atoms with E-state index in [9.17, 15) is 9.59 Å². The fourth-order valence-corrected chi connectivity index (χ4v) is 0.897. The molecule has 0 aliphatic rings. The summed E-state index contributed by atoms with van der Waals surface area (Å²) in [4.78, 5) is 21.1. The van der Waals surface area contributed by atoms with Crippen molar-refractivity contribution >= 4 is 23.9 Å². The van der Waals surface area contributed by atoms with Crippen molar-refractivity contribution in [2.75, 3.05) is 7.11 Å². The highest BCUT2D eigenvalue weighted by molar-refractivity contribution is 6.35. The highest BCUT2D eigenvalue weighted by Crippen LogP contribution is 2.22. The molecule has 0 atom stereocenters. The van der Waals surface area contributed by atoms with Gasteiger partial charge in [0.2, 0.25) is 0 Å². The normalized spacial score (nSPS) is 9.50. The monoisotopic (exact) mass is 188 g/mol. The summed E-state index contributed by atoms with van der Waals surface area (Å²) in [5, 5.41) is -0.0168. The van der Waals surface area contributed by atoms with Gasteiger partial charge in [-0.15, -0.1) is 0 Å². The number of ether oxygens (including phenoxy) is 1. The van der Waals surface area contributed by atoms with Gasteiger partial charge in [0.05, 0.1) is 7.11 Å². The molecule has 64 valence electrons. The zero-order valence-electron chi connectivity index (χ0n) is 6.17. The molecule has 4 nitrogen and oxygen atoms in total. The predicted octanol–water partition coefficient (Wildman–Crippen LogP) is 1.53. The van der Waals surface area contributed by atoms with Crippen LogP contribution in [0.15, 0.2) is 10.7 Å². The first kappa shape index (κ1) is 8.80. The summed E-state index contributed by atoms with van der Waals surface area (Å²) in [6.45, 7) is 0. The summed E-state index contributed by atoms with van der Waals surface area (Å²) in [5.74, 6) is -0.700. The number of halogens is 1. The molecule has 0 unspecified atom stereocenters. The van der Waals surface area contributed by atoms with E-state index >= 15 is 0 Å². The Morgan fingerprint density at radius 3 is 2.83 bits per heavy atom. The van der Waals surface area contributed by atoms with E-state index in [0.29, 0.717) is 6.29 Å². The van der Waals surface area contributed by atoms with Gasteiger partial charge >= 0.3 is 5.97 Å². The van der Waals surface area contributed by atoms with E-state index in [1.165, 1.54) is 7.11 Å². The van der Waals surface area contributed by atoms with Crippen molar-refractivity contribution in [2.24, 2.45) is 0 Å². The molecule has 0 N–H and O–H groups in total. The zero-order chi connectivity index (χ0) is 9.14. The van der Waals surface area contributed by atoms with Crippen molar-refractivity contribution in [3.05, 3.63) is 22.6 Å². The van der Waals surface area contributed by atoms with Gasteiger partial charge < -0.3 is 9.15 Å². The van der Waals surface area contributed by atoms with Crippen LogP contribution in [0.4, 0.5) is 0 Å². The zero-order valence-corrected chi connectivity index (χ0v) is 6.92. The largest absolute Gasteiger partial charge is 0.465 e. The number of rotatable bonds is 2. The van der Waals surface area contributed by atoms with Crippen molar-refractivity contribution < 1.29 is 18.7 Å². The summed E-state index contributed by atoms with van der Waals surface area (Å²) >= 11 is 5.57. The molecule has 12 heavy (non-hydrogen) atoms. The summed E-state index contributed by atoms with van der Waals surface area (Å²) < 4.78 is 9.04. The van der Waals surface area contributed by atoms with Gasteiger partial charge in [0, 0.05) is 0 Å². The highest BCUT2D eigenvalue weighted by atomic mass is 35.5. The van der Waals surface area contributed by atoms with Gasteiger partial charge in [-0.1, -0.05) is 11.6 Å². The fraction of sp³-hybridized carbons (Fsp3) is 0.143. The molecule has 0 aromatic carbocycles. The summed E-state index contributed by atoms with van der Waals surface area (Å²) in [7, 11) is 1.21. The van der Waals surface area contributed by atoms with E-state index in [-0.39, 0.29) is 16.3 Å². The Morgan fingerprint density at radius 1 is 1.75 bits per heavy atom. The van der Waals surface area contributed by atoms with Crippen LogP contribution in [-0.2, 0) is 4.74 Å². The van der Waals surface area contributed by atoms with Crippen LogP contribution in [0.2, 0.25) is 5.02 Å². The molecule has 0 amide bonds. The Bertz CT molecular complexity index is 315. The number of aldehydes is 1. The molecule has 0 bridgehead atoms. The Morgan fingerprint density at radius 2 is 2.42 bits per heavy atom. The van der Waals surface area contributed by atoms with Gasteiger partial charge in [-0.05, 0) is 0 Å². The molecule has 0 saturated carbocycles. The fourth-order valence-electron chi connectivity index (χ4n) is 0.686. The van der Waals surface area contributed by atoms with E-state index in [1.54, 1.807) is 0 Å². The number of furan rings is 1. The SMILES string of the molecule is COC(=O)c1coc(C=O)c1Cl. The van der Waals surface area contributed by atoms with Gasteiger partial charge in [-0.3, -0.25) is 4.79 Å². The van der Waals surface area contributed by atoms with Crippen molar-refractivity contribution in [3.63, 3.8) is 0 Å². The van der Waals surface area contributed by atoms with Gasteiger partial charge in [-0.2, -0.15) is 0 Å². The molecule has 1 heterocycles. The molecular weight excluding hydrogens is 184 g/mol. The average molecular weight is 189 g/mol. The predicted molar refractivity (Wildman–Crippen MR) is 40.4 cm³/mol. The first-order valence-corrected chi connectivity index (χ1v) is 3.39. The second-order valence-corrected chi connectivity index (χ2v) is 2.32. The second kappa shape index (κ2) is 3.40. The third-order valence-corrected chi connectivity index (χ3v) is 1.66. The van der Waals surface area contributed by atoms with Crippen LogP contribution in [0, 0.1) is 0 Å². The molecule has 1 aromatic rings. The maximum absolute atomic E-state index is 10.9. The van der Waals surface area contributed by atoms with Gasteiger partial charge in [0.15, 0.2) is 12.0 Å². The van der Waals surface area contributed by atoms with E-state index in [0.717, 1.165) is 6.26 Å². The molecule has 0 aliphatic carbocycles. The van der Waals surface area contributed by atoms with Crippen molar-refractivity contribution in [3.8, 4) is 0 Å². The lowest BCUT2D eigenvalue weighted by molar-refractivity contribution is 0.0600. The smallest absolute Gasteiger partial charge is 0.342 e. The minimum atomic E-state index is -0.628. The second-order valence-electron chi connectivity index (χ2n) is 1.94. The molecule has 0 saturated heterocycles. The standard InChI is InChI=1S/C7H5ClO4/c1-11-7(10)4-3-12-5(2-9)6(4)8/h2-3H,1H3. The molecule has 5 heteroatoms. The molecule has 0 radical (unpaired) electrons. The van der Waals surface area contributed by atoms with Crippen LogP contribution in [0.1, 0.15) is 20.9 Å². The van der Waals surface area contributed by atoms with Crippen molar-refractivity contribution in [1.29, 1.82) is 0 Å². The Kier molecular flexibility index (Phi) is 2.50. The van der Waals surface area contributed by atoms with Crippen LogP contribution in [-0.4, -0.2) is 19.4 Å². The number of carbonyl (C=O) groups excluding carboxylic acids is 2. The summed E-state index contributed by atoms with van der Waals surface area (Å²) in [5.41, 5.74) is 0.0567. The van der Waals surface area contributed by atoms with E-state index < -0.39 is 5.97 Å². The van der Waals surface area contributed by atoms with Crippen molar-refractivity contribution in [1.82, 2.24) is 0 Å². The number of hydrogen-bond donors (Lipinski definition) is 0. The maximum atomic E-state index is 10.9. The maximum Gasteiger partial charge on any atom is 0.342 e. The van der Waals surface area contributed by atoms with Crippen LogP contribution in [0.5, 0.6) is 0 Å². The Hall–Kier alpha value is -1.29. The summed E-state index contributed by atoms with van der Waals surface area (Å²) in [6, 6.07) is 0. The first-order valence-electron chi connectivity index (χ1n) is 3.01. The number of esters is 1. The lowest BCUT2D eigenvalue weighted by Gasteiger charge is -1.92. The average Bonchev–Trinajstić information content (AvgIpc) is 2.45. The Balaban J connectivity index is 3.10. The van der Waals surface area contributed by atoms with Crippen LogP contribution < -0.4 is 0 Å². The molecule has 0 spiro atoms. The van der Waals surface area contributed by atoms with E-state index in [2.05, 4.69) is 9.15 Å². The lowest BCUT2D eigenvalue weighted by Crippen LogP contribution is -1.99. The number of hydrogen-bond acceptors (Lipinski definition) is 4. The molecule has 0 aliphatic heterocycles. The lowest BCUT2D eigenvalue weighted by atomic mass is 10.3. The van der Waals surface area contributed by atoms with Crippen molar-refractivity contribution in [2.45, 2.75) is 0 Å². The van der Waals surface area contributed by atoms with E-state index in [1.807, 2.05) is 0 Å². The minimum Gasteiger partial charge on any atom is -0.465 e. The molecular formula is C7H5ClO4. The molecule has 1 aromatic heterocycles. The topological polar surface area (TPSA) is 56.5 Å². The highest BCUT2D eigenvalue weighted by Gasteiger charge is 2.17. The minimum absolute atomic E-state index is 0.0168. The molecule has 1 rings (SSSR count). The number of carbonyl (C=O) groups is 2. The van der Waals surface area contributed by atoms with Crippen LogP contribution in [0.25, 0.3) is 0 Å². The summed E-state index contributed by atoms with van der Waals surface area (Å²) in [6.07, 6.45) is 1.51. The Labute approximate surface area is 73.1 Å². The van der Waals surface area contributed by atoms with Gasteiger partial charge in [-0.25, -0.2) is 4.79 Å². The third kappa shape index (κ3) is 1.33. The first-order chi connectivity index (χ1) is 5.70. The van der Waals surface area contributed by atoms with Crippen LogP contribution >= 0.6 is 11.6 Å². The quantitative estimate of drug-likeness (QED) is 0.522. The van der Waals surface area contributed by atoms with Gasteiger partial charge in [0.25, 0.3) is 0 Å². The number of methoxy groups -OCH3 is 1. The van der Waals surface area contributed by atoms with Crippen LogP contribution in [0.3, 0.4) is 0 Å². The molecule has 0 fully saturated rings. The van der Waals surface area contributed by atoms with Gasteiger partial charge in [0.1, 0.15) is 16.8 Å². The van der Waals surface area contributed by atoms with E-state index in [4.69, 9.17) is 11.6 Å². The third-order valence-electron chi connectivity index (χ3n) is 1.27.